The largest absolute Gasteiger partial charge is 0.461 e. The number of hydrogen-bond donors (Lipinski definition) is 1. The van der Waals surface area contributed by atoms with Crippen LogP contribution in [0.2, 0.25) is 0 Å². The number of benzene rings is 1. The van der Waals surface area contributed by atoms with Crippen molar-refractivity contribution in [3.63, 3.8) is 0 Å². The fraction of sp³-hybridized carbons (Fsp3) is 0.286. The highest BCUT2D eigenvalue weighted by Gasteiger charge is 2.10. The molecule has 0 radical (unpaired) electrons. The molecule has 0 amide bonds. The molecule has 1 aromatic heterocycles. The van der Waals surface area contributed by atoms with Crippen LogP contribution in [-0.2, 0) is 17.6 Å². The molecular formula is C14H15FN2O2. The molecular weight excluding hydrogens is 247 g/mol. The van der Waals surface area contributed by atoms with Crippen molar-refractivity contribution in [1.82, 2.24) is 9.97 Å². The molecule has 1 aromatic carbocycles. The van der Waals surface area contributed by atoms with E-state index in [1.165, 1.54) is 18.3 Å². The third-order valence-corrected chi connectivity index (χ3v) is 2.69. The smallest absolute Gasteiger partial charge is 0.356 e. The number of aromatic amines is 1. The first-order valence-electron chi connectivity index (χ1n) is 6.14. The van der Waals surface area contributed by atoms with Crippen LogP contribution in [0.3, 0.4) is 0 Å². The Kier molecular flexibility index (Phi) is 4.28. The molecule has 0 aliphatic rings. The van der Waals surface area contributed by atoms with E-state index in [2.05, 4.69) is 9.97 Å². The second-order valence-electron chi connectivity index (χ2n) is 4.09. The van der Waals surface area contributed by atoms with E-state index >= 15 is 0 Å². The van der Waals surface area contributed by atoms with Gasteiger partial charge in [0.1, 0.15) is 17.3 Å². The summed E-state index contributed by atoms with van der Waals surface area (Å²) in [5.41, 5.74) is 1.38. The van der Waals surface area contributed by atoms with Crippen LogP contribution in [-0.4, -0.2) is 22.5 Å². The Labute approximate surface area is 110 Å². The van der Waals surface area contributed by atoms with Crippen LogP contribution >= 0.6 is 0 Å². The topological polar surface area (TPSA) is 55.0 Å². The van der Waals surface area contributed by atoms with Gasteiger partial charge in [-0.3, -0.25) is 0 Å². The fourth-order valence-corrected chi connectivity index (χ4v) is 1.72. The third kappa shape index (κ3) is 3.64. The summed E-state index contributed by atoms with van der Waals surface area (Å²) in [7, 11) is 0. The number of halogens is 1. The Morgan fingerprint density at radius 2 is 2.05 bits per heavy atom. The highest BCUT2D eigenvalue weighted by Crippen LogP contribution is 2.07. The molecule has 0 aliphatic heterocycles. The van der Waals surface area contributed by atoms with Gasteiger partial charge in [-0.1, -0.05) is 12.1 Å². The summed E-state index contributed by atoms with van der Waals surface area (Å²) in [5, 5.41) is 0. The minimum Gasteiger partial charge on any atom is -0.461 e. The van der Waals surface area contributed by atoms with Crippen LogP contribution in [0.15, 0.2) is 30.5 Å². The molecule has 1 N–H and O–H groups in total. The van der Waals surface area contributed by atoms with Crippen LogP contribution in [0.5, 0.6) is 0 Å². The molecule has 0 unspecified atom stereocenters. The highest BCUT2D eigenvalue weighted by molar-refractivity contribution is 5.86. The summed E-state index contributed by atoms with van der Waals surface area (Å²) in [6.45, 7) is 2.09. The minimum absolute atomic E-state index is 0.244. The zero-order valence-corrected chi connectivity index (χ0v) is 10.6. The average molecular weight is 262 g/mol. The van der Waals surface area contributed by atoms with Gasteiger partial charge >= 0.3 is 5.97 Å². The summed E-state index contributed by atoms with van der Waals surface area (Å²) in [6, 6.07) is 6.35. The molecule has 0 aliphatic carbocycles. The third-order valence-electron chi connectivity index (χ3n) is 2.69. The SMILES string of the molecule is CCOC(=O)c1cnc(CCc2ccc(F)cc2)[nH]1. The van der Waals surface area contributed by atoms with E-state index < -0.39 is 5.97 Å². The van der Waals surface area contributed by atoms with Crippen molar-refractivity contribution < 1.29 is 13.9 Å². The van der Waals surface area contributed by atoms with Crippen molar-refractivity contribution in [3.8, 4) is 0 Å². The molecule has 0 saturated heterocycles. The summed E-state index contributed by atoms with van der Waals surface area (Å²) >= 11 is 0. The van der Waals surface area contributed by atoms with Crippen molar-refractivity contribution in [1.29, 1.82) is 0 Å². The van der Waals surface area contributed by atoms with Crippen LogP contribution in [0.1, 0.15) is 28.8 Å². The van der Waals surface area contributed by atoms with Crippen molar-refractivity contribution in [2.24, 2.45) is 0 Å². The number of esters is 1. The maximum absolute atomic E-state index is 12.7. The van der Waals surface area contributed by atoms with Crippen molar-refractivity contribution >= 4 is 5.97 Å². The van der Waals surface area contributed by atoms with E-state index in [0.717, 1.165) is 12.0 Å². The van der Waals surface area contributed by atoms with Crippen molar-refractivity contribution in [2.75, 3.05) is 6.61 Å². The molecule has 2 rings (SSSR count). The lowest BCUT2D eigenvalue weighted by atomic mass is 10.1. The van der Waals surface area contributed by atoms with Gasteiger partial charge < -0.3 is 9.72 Å². The summed E-state index contributed by atoms with van der Waals surface area (Å²) in [6.07, 6.45) is 2.86. The zero-order chi connectivity index (χ0) is 13.7. The summed E-state index contributed by atoms with van der Waals surface area (Å²) < 4.78 is 17.6. The number of aromatic nitrogens is 2. The van der Waals surface area contributed by atoms with Crippen molar-refractivity contribution in [2.45, 2.75) is 19.8 Å². The van der Waals surface area contributed by atoms with Gasteiger partial charge in [-0.05, 0) is 31.0 Å². The van der Waals surface area contributed by atoms with Gasteiger partial charge in [-0.15, -0.1) is 0 Å². The maximum Gasteiger partial charge on any atom is 0.356 e. The normalized spacial score (nSPS) is 10.4. The number of rotatable bonds is 5. The Bertz CT molecular complexity index is 549. The number of nitrogens with one attached hydrogen (secondary N) is 1. The standard InChI is InChI=1S/C14H15FN2O2/c1-2-19-14(18)12-9-16-13(17-12)8-5-10-3-6-11(15)7-4-10/h3-4,6-7,9H,2,5,8H2,1H3,(H,16,17). The number of nitrogens with zero attached hydrogens (tertiary/aromatic N) is 1. The summed E-state index contributed by atoms with van der Waals surface area (Å²) in [4.78, 5) is 18.5. The van der Waals surface area contributed by atoms with Crippen LogP contribution in [0.4, 0.5) is 4.39 Å². The average Bonchev–Trinajstić information content (AvgIpc) is 2.87. The second kappa shape index (κ2) is 6.13. The predicted molar refractivity (Wildman–Crippen MR) is 68.4 cm³/mol. The molecule has 0 spiro atoms. The predicted octanol–water partition coefficient (Wildman–Crippen LogP) is 2.51. The number of carbonyl (C=O) groups is 1. The van der Waals surface area contributed by atoms with Gasteiger partial charge in [-0.2, -0.15) is 0 Å². The molecule has 0 bridgehead atoms. The number of carbonyl (C=O) groups excluding carboxylic acids is 1. The number of aryl methyl sites for hydroxylation is 2. The Morgan fingerprint density at radius 3 is 2.74 bits per heavy atom. The van der Waals surface area contributed by atoms with Crippen LogP contribution in [0, 0.1) is 5.82 Å². The van der Waals surface area contributed by atoms with Crippen molar-refractivity contribution in [3.05, 3.63) is 53.4 Å². The number of hydrogen-bond acceptors (Lipinski definition) is 3. The fourth-order valence-electron chi connectivity index (χ4n) is 1.72. The summed E-state index contributed by atoms with van der Waals surface area (Å²) in [5.74, 6) is 0.0711. The van der Waals surface area contributed by atoms with Gasteiger partial charge in [0.05, 0.1) is 12.8 Å². The van der Waals surface area contributed by atoms with E-state index in [9.17, 15) is 9.18 Å². The molecule has 5 heteroatoms. The van der Waals surface area contributed by atoms with E-state index in [4.69, 9.17) is 4.74 Å². The first kappa shape index (κ1) is 13.3. The van der Waals surface area contributed by atoms with E-state index in [1.807, 2.05) is 0 Å². The van der Waals surface area contributed by atoms with E-state index in [-0.39, 0.29) is 5.82 Å². The molecule has 1 heterocycles. The van der Waals surface area contributed by atoms with E-state index in [0.29, 0.717) is 24.5 Å². The lowest BCUT2D eigenvalue weighted by Gasteiger charge is -2.00. The van der Waals surface area contributed by atoms with Gasteiger partial charge in [0.2, 0.25) is 0 Å². The lowest BCUT2D eigenvalue weighted by Crippen LogP contribution is -2.05. The lowest BCUT2D eigenvalue weighted by molar-refractivity contribution is 0.0520. The minimum atomic E-state index is -0.400. The van der Waals surface area contributed by atoms with Gasteiger partial charge in [0, 0.05) is 6.42 Å². The molecule has 2 aromatic rings. The molecule has 100 valence electrons. The Balaban J connectivity index is 1.93. The molecule has 0 saturated carbocycles. The molecule has 0 fully saturated rings. The monoisotopic (exact) mass is 262 g/mol. The first-order chi connectivity index (χ1) is 9.19. The van der Waals surface area contributed by atoms with Crippen LogP contribution < -0.4 is 0 Å². The quantitative estimate of drug-likeness (QED) is 0.842. The molecule has 19 heavy (non-hydrogen) atoms. The highest BCUT2D eigenvalue weighted by atomic mass is 19.1. The zero-order valence-electron chi connectivity index (χ0n) is 10.6. The number of H-pyrrole nitrogens is 1. The molecule has 0 atom stereocenters. The first-order valence-corrected chi connectivity index (χ1v) is 6.14. The van der Waals surface area contributed by atoms with Gasteiger partial charge in [-0.25, -0.2) is 14.2 Å². The van der Waals surface area contributed by atoms with Crippen LogP contribution in [0.25, 0.3) is 0 Å². The van der Waals surface area contributed by atoms with Gasteiger partial charge in [0.25, 0.3) is 0 Å². The Hall–Kier alpha value is -2.17. The van der Waals surface area contributed by atoms with Gasteiger partial charge in [0.15, 0.2) is 0 Å². The van der Waals surface area contributed by atoms with E-state index in [1.54, 1.807) is 19.1 Å². The number of imidazole rings is 1. The number of ether oxygens (including phenoxy) is 1. The second-order valence-corrected chi connectivity index (χ2v) is 4.09. The molecule has 4 nitrogen and oxygen atoms in total. The Morgan fingerprint density at radius 1 is 1.32 bits per heavy atom. The maximum atomic E-state index is 12.7.